The van der Waals surface area contributed by atoms with Crippen LogP contribution in [0.25, 0.3) is 21.8 Å². The molecule has 2 aliphatic heterocycles. The summed E-state index contributed by atoms with van der Waals surface area (Å²) >= 11 is 2.53. The summed E-state index contributed by atoms with van der Waals surface area (Å²) in [6.45, 7) is 3.35. The van der Waals surface area contributed by atoms with Crippen LogP contribution in [-0.4, -0.2) is 78.4 Å². The van der Waals surface area contributed by atoms with E-state index in [1.807, 2.05) is 21.9 Å². The number of fused-ring (bicyclic) bond motifs is 2. The van der Waals surface area contributed by atoms with Crippen LogP contribution in [0.5, 0.6) is 0 Å². The smallest absolute Gasteiger partial charge is 0.262 e. The Morgan fingerprint density at radius 3 is 1.33 bits per heavy atom. The maximum absolute atomic E-state index is 13.8. The fraction of sp³-hybridized carbons (Fsp3) is 0.471. The van der Waals surface area contributed by atoms with Crippen molar-refractivity contribution in [3.8, 4) is 0 Å². The van der Waals surface area contributed by atoms with E-state index in [0.29, 0.717) is 32.1 Å². The number of benzene rings is 2. The lowest BCUT2D eigenvalue weighted by Crippen LogP contribution is -2.34. The number of aromatic nitrogens is 4. The van der Waals surface area contributed by atoms with E-state index in [0.717, 1.165) is 77.5 Å². The van der Waals surface area contributed by atoms with Gasteiger partial charge in [-0.3, -0.25) is 28.3 Å². The van der Waals surface area contributed by atoms with Gasteiger partial charge >= 0.3 is 0 Å². The predicted molar refractivity (Wildman–Crippen MR) is 184 cm³/mol. The molecule has 12 heteroatoms. The van der Waals surface area contributed by atoms with Gasteiger partial charge in [0.1, 0.15) is 0 Å². The van der Waals surface area contributed by atoms with Gasteiger partial charge in [0, 0.05) is 39.3 Å². The Kier molecular flexibility index (Phi) is 10.7. The first kappa shape index (κ1) is 32.3. The monoisotopic (exact) mass is 660 g/mol. The van der Waals surface area contributed by atoms with Crippen molar-refractivity contribution in [3.63, 3.8) is 0 Å². The molecular weight excluding hydrogens is 621 g/mol. The maximum atomic E-state index is 13.8. The number of para-hydroxylation sites is 2. The molecule has 6 rings (SSSR count). The van der Waals surface area contributed by atoms with Gasteiger partial charge in [0.25, 0.3) is 11.1 Å². The minimum absolute atomic E-state index is 0.0450. The highest BCUT2D eigenvalue weighted by atomic mass is 32.2. The second-order valence-electron chi connectivity index (χ2n) is 11.9. The van der Waals surface area contributed by atoms with Crippen molar-refractivity contribution in [1.82, 2.24) is 28.9 Å². The topological polar surface area (TPSA) is 110 Å². The Balaban J connectivity index is 1.28. The first-order valence-electron chi connectivity index (χ1n) is 16.3. The van der Waals surface area contributed by atoms with Crippen LogP contribution in [0.2, 0.25) is 0 Å². The molecule has 0 aliphatic carbocycles. The Labute approximate surface area is 276 Å². The number of thioether (sulfide) groups is 2. The van der Waals surface area contributed by atoms with Crippen molar-refractivity contribution in [2.45, 2.75) is 74.8 Å². The van der Waals surface area contributed by atoms with Gasteiger partial charge in [-0.1, -0.05) is 73.5 Å². The Morgan fingerprint density at radius 2 is 0.935 bits per heavy atom. The van der Waals surface area contributed by atoms with Gasteiger partial charge in [0.15, 0.2) is 10.3 Å². The third-order valence-electron chi connectivity index (χ3n) is 8.77. The van der Waals surface area contributed by atoms with Crippen LogP contribution in [0.15, 0.2) is 68.4 Å². The molecule has 0 bridgehead atoms. The number of hydrogen-bond acceptors (Lipinski definition) is 8. The molecule has 2 amide bonds. The molecule has 4 heterocycles. The van der Waals surface area contributed by atoms with E-state index in [1.165, 1.54) is 23.5 Å². The van der Waals surface area contributed by atoms with Gasteiger partial charge in [0.2, 0.25) is 11.8 Å². The number of hydrogen-bond donors (Lipinski definition) is 0. The zero-order chi connectivity index (χ0) is 31.9. The van der Waals surface area contributed by atoms with Crippen molar-refractivity contribution in [2.75, 3.05) is 37.7 Å². The summed E-state index contributed by atoms with van der Waals surface area (Å²) in [5.41, 5.74) is 0.702. The third kappa shape index (κ3) is 7.49. The molecule has 2 saturated heterocycles. The van der Waals surface area contributed by atoms with E-state index in [4.69, 9.17) is 9.97 Å². The largest absolute Gasteiger partial charge is 0.342 e. The number of rotatable bonds is 9. The summed E-state index contributed by atoms with van der Waals surface area (Å²) in [5, 5.41) is 1.85. The van der Waals surface area contributed by atoms with Crippen LogP contribution in [0.1, 0.15) is 51.4 Å². The zero-order valence-corrected chi connectivity index (χ0v) is 27.7. The molecular formula is C34H40N6O4S2. The van der Waals surface area contributed by atoms with Gasteiger partial charge < -0.3 is 9.80 Å². The van der Waals surface area contributed by atoms with Gasteiger partial charge in [-0.05, 0) is 49.9 Å². The fourth-order valence-electron chi connectivity index (χ4n) is 6.19. The maximum Gasteiger partial charge on any atom is 0.262 e. The van der Waals surface area contributed by atoms with Crippen molar-refractivity contribution in [3.05, 3.63) is 69.2 Å². The normalized spacial score (nSPS) is 16.0. The molecule has 0 spiro atoms. The molecule has 2 aliphatic rings. The van der Waals surface area contributed by atoms with Crippen LogP contribution >= 0.6 is 23.5 Å². The lowest BCUT2D eigenvalue weighted by molar-refractivity contribution is -0.129. The van der Waals surface area contributed by atoms with Crippen molar-refractivity contribution in [2.24, 2.45) is 0 Å². The third-order valence-corrected chi connectivity index (χ3v) is 10.7. The molecule has 2 aromatic carbocycles. The van der Waals surface area contributed by atoms with Gasteiger partial charge in [-0.25, -0.2) is 9.97 Å². The second kappa shape index (κ2) is 15.3. The van der Waals surface area contributed by atoms with Crippen molar-refractivity contribution < 1.29 is 9.59 Å². The highest BCUT2D eigenvalue weighted by molar-refractivity contribution is 8.00. The molecule has 46 heavy (non-hydrogen) atoms. The summed E-state index contributed by atoms with van der Waals surface area (Å²) in [6.07, 6.45) is 8.58. The van der Waals surface area contributed by atoms with Crippen LogP contribution in [0.4, 0.5) is 0 Å². The number of carbonyl (C=O) groups excluding carboxylic acids is 2. The predicted octanol–water partition coefficient (Wildman–Crippen LogP) is 4.80. The molecule has 2 aromatic heterocycles. The lowest BCUT2D eigenvalue weighted by atomic mass is 10.2. The Morgan fingerprint density at radius 1 is 0.565 bits per heavy atom. The van der Waals surface area contributed by atoms with Crippen LogP contribution in [0, 0.1) is 0 Å². The summed E-state index contributed by atoms with van der Waals surface area (Å²) in [6, 6.07) is 14.4. The molecule has 4 aromatic rings. The number of carbonyl (C=O) groups is 2. The molecule has 0 unspecified atom stereocenters. The highest BCUT2D eigenvalue weighted by Gasteiger charge is 2.21. The average molecular weight is 661 g/mol. The molecule has 0 saturated carbocycles. The number of nitrogens with zero attached hydrogens (tertiary/aromatic N) is 6. The van der Waals surface area contributed by atoms with Crippen LogP contribution in [-0.2, 0) is 22.7 Å². The quantitative estimate of drug-likeness (QED) is 0.186. The molecule has 0 radical (unpaired) electrons. The number of likely N-dealkylation sites (tertiary alicyclic amines) is 2. The molecule has 10 nitrogen and oxygen atoms in total. The fourth-order valence-corrected chi connectivity index (χ4v) is 8.04. The van der Waals surface area contributed by atoms with E-state index < -0.39 is 0 Å². The summed E-state index contributed by atoms with van der Waals surface area (Å²) in [4.78, 5) is 67.3. The van der Waals surface area contributed by atoms with Gasteiger partial charge in [-0.2, -0.15) is 0 Å². The summed E-state index contributed by atoms with van der Waals surface area (Å²) in [5.74, 6) is 0.455. The average Bonchev–Trinajstić information content (AvgIpc) is 3.53. The van der Waals surface area contributed by atoms with E-state index in [1.54, 1.807) is 45.5 Å². The van der Waals surface area contributed by atoms with E-state index in [2.05, 4.69) is 0 Å². The highest BCUT2D eigenvalue weighted by Crippen LogP contribution is 2.22. The lowest BCUT2D eigenvalue weighted by Gasteiger charge is -2.21. The Bertz CT molecular complexity index is 1690. The van der Waals surface area contributed by atoms with Crippen molar-refractivity contribution in [1.29, 1.82) is 0 Å². The van der Waals surface area contributed by atoms with E-state index in [9.17, 15) is 19.2 Å². The molecule has 0 N–H and O–H groups in total. The van der Waals surface area contributed by atoms with Crippen molar-refractivity contribution >= 4 is 57.1 Å². The van der Waals surface area contributed by atoms with Gasteiger partial charge in [0.05, 0.1) is 33.3 Å². The molecule has 0 atom stereocenters. The van der Waals surface area contributed by atoms with E-state index >= 15 is 0 Å². The zero-order valence-electron chi connectivity index (χ0n) is 26.1. The molecule has 2 fully saturated rings. The Hall–Kier alpha value is -3.64. The number of amides is 2. The second-order valence-corrected chi connectivity index (χ2v) is 13.8. The first-order valence-corrected chi connectivity index (χ1v) is 18.3. The van der Waals surface area contributed by atoms with Crippen LogP contribution in [0.3, 0.4) is 0 Å². The molecule has 242 valence electrons. The SMILES string of the molecule is O=C(CSc1nc2ccccc2c(=O)n1CCn1c(SCC(=O)N2CCCCCC2)nc2ccccc2c1=O)N1CCCCCC1. The minimum atomic E-state index is -0.220. The standard InChI is InChI=1S/C34H40N6O4S2/c41-29(37-17-9-1-2-10-18-37)23-45-33-35-27-15-7-5-13-25(27)31(43)39(33)21-22-40-32(44)26-14-6-8-16-28(26)36-34(40)46-24-30(42)38-19-11-3-4-12-20-38/h5-8,13-16H,1-4,9-12,17-24H2. The van der Waals surface area contributed by atoms with E-state index in [-0.39, 0.29) is 47.5 Å². The summed E-state index contributed by atoms with van der Waals surface area (Å²) in [7, 11) is 0. The van der Waals surface area contributed by atoms with Crippen LogP contribution < -0.4 is 11.1 Å². The minimum Gasteiger partial charge on any atom is -0.342 e. The first-order chi connectivity index (χ1) is 22.5. The summed E-state index contributed by atoms with van der Waals surface area (Å²) < 4.78 is 3.14. The van der Waals surface area contributed by atoms with Gasteiger partial charge in [-0.15, -0.1) is 0 Å².